The summed E-state index contributed by atoms with van der Waals surface area (Å²) < 4.78 is 23.9. The van der Waals surface area contributed by atoms with Crippen LogP contribution in [0.25, 0.3) is 0 Å². The third-order valence-electron chi connectivity index (χ3n) is 4.30. The highest BCUT2D eigenvalue weighted by atomic mass is 32.2. The van der Waals surface area contributed by atoms with Gasteiger partial charge >= 0.3 is 0 Å². The van der Waals surface area contributed by atoms with Gasteiger partial charge in [-0.15, -0.1) is 0 Å². The zero-order chi connectivity index (χ0) is 19.6. The number of rotatable bonds is 4. The van der Waals surface area contributed by atoms with Crippen molar-refractivity contribution in [3.05, 3.63) is 41.5 Å². The van der Waals surface area contributed by atoms with Crippen LogP contribution in [0.3, 0.4) is 0 Å². The van der Waals surface area contributed by atoms with Gasteiger partial charge in [-0.1, -0.05) is 0 Å². The van der Waals surface area contributed by atoms with Crippen molar-refractivity contribution in [2.24, 2.45) is 4.36 Å². The van der Waals surface area contributed by atoms with Crippen molar-refractivity contribution >= 4 is 21.5 Å². The predicted molar refractivity (Wildman–Crippen MR) is 97.4 cm³/mol. The minimum absolute atomic E-state index is 0.0648. The topological polar surface area (TPSA) is 107 Å². The molecular formula is C17H21N5O4S. The fraction of sp³-hybridized carbons (Fsp3) is 0.412. The highest BCUT2D eigenvalue weighted by Gasteiger charge is 2.26. The van der Waals surface area contributed by atoms with E-state index < -0.39 is 15.6 Å². The monoisotopic (exact) mass is 391 g/mol. The molecular weight excluding hydrogens is 370 g/mol. The van der Waals surface area contributed by atoms with Crippen LogP contribution in [0.2, 0.25) is 0 Å². The summed E-state index contributed by atoms with van der Waals surface area (Å²) in [4.78, 5) is 30.2. The number of fused-ring (bicyclic) bond motifs is 1. The molecule has 3 heterocycles. The molecule has 0 fully saturated rings. The van der Waals surface area contributed by atoms with E-state index in [0.717, 1.165) is 5.56 Å². The summed E-state index contributed by atoms with van der Waals surface area (Å²) in [6, 6.07) is 1.61. The van der Waals surface area contributed by atoms with Crippen molar-refractivity contribution in [1.82, 2.24) is 19.7 Å². The van der Waals surface area contributed by atoms with Crippen LogP contribution < -0.4 is 0 Å². The van der Waals surface area contributed by atoms with Crippen LogP contribution in [0.15, 0.2) is 33.9 Å². The summed E-state index contributed by atoms with van der Waals surface area (Å²) in [5.41, 5.74) is 1.61. The summed E-state index contributed by atoms with van der Waals surface area (Å²) in [6.45, 7) is 3.16. The minimum Gasteiger partial charge on any atom is -0.380 e. The molecule has 3 rings (SSSR count). The van der Waals surface area contributed by atoms with Gasteiger partial charge in [0.05, 0.1) is 51.8 Å². The van der Waals surface area contributed by atoms with Gasteiger partial charge in [0.2, 0.25) is 5.91 Å². The molecule has 9 nitrogen and oxygen atoms in total. The van der Waals surface area contributed by atoms with Crippen LogP contribution in [0.4, 0.5) is 0 Å². The molecule has 1 unspecified atom stereocenters. The van der Waals surface area contributed by atoms with E-state index in [0.29, 0.717) is 36.8 Å². The zero-order valence-electron chi connectivity index (χ0n) is 15.4. The third kappa shape index (κ3) is 4.06. The molecule has 27 heavy (non-hydrogen) atoms. The van der Waals surface area contributed by atoms with Crippen LogP contribution >= 0.6 is 0 Å². The first-order chi connectivity index (χ1) is 12.8. The molecule has 0 spiro atoms. The molecule has 0 N–H and O–H groups in total. The summed E-state index contributed by atoms with van der Waals surface area (Å²) in [7, 11) is -1.49. The number of nitrogens with zero attached hydrogens (tertiary/aromatic N) is 5. The Morgan fingerprint density at radius 1 is 1.30 bits per heavy atom. The Balaban J connectivity index is 1.94. The lowest BCUT2D eigenvalue weighted by molar-refractivity contribution is -0.130. The van der Waals surface area contributed by atoms with Crippen LogP contribution in [-0.2, 0) is 39.0 Å². The van der Waals surface area contributed by atoms with E-state index in [1.54, 1.807) is 29.0 Å². The number of amides is 2. The second-order valence-electron chi connectivity index (χ2n) is 6.33. The Morgan fingerprint density at radius 3 is 2.78 bits per heavy atom. The molecule has 0 bridgehead atoms. The maximum Gasteiger partial charge on any atom is 0.286 e. The SMILES string of the molecule is COCc1cncc(C(=O)N=S(C)(=O)c2cnn3c2CN(C(C)=O)CC3)c1. The molecule has 2 amide bonds. The Bertz CT molecular complexity index is 1010. The number of carbonyl (C=O) groups excluding carboxylic acids is 2. The Morgan fingerprint density at radius 2 is 2.07 bits per heavy atom. The number of methoxy groups -OCH3 is 1. The minimum atomic E-state index is -3.03. The average molecular weight is 391 g/mol. The maximum atomic E-state index is 13.2. The van der Waals surface area contributed by atoms with Crippen molar-refractivity contribution < 1.29 is 18.5 Å². The molecule has 1 atom stereocenters. The van der Waals surface area contributed by atoms with E-state index in [2.05, 4.69) is 14.4 Å². The fourth-order valence-corrected chi connectivity index (χ4v) is 4.29. The molecule has 0 aliphatic carbocycles. The number of ether oxygens (including phenoxy) is 1. The van der Waals surface area contributed by atoms with E-state index in [-0.39, 0.29) is 11.5 Å². The lowest BCUT2D eigenvalue weighted by Gasteiger charge is -2.27. The molecule has 0 radical (unpaired) electrons. The number of aromatic nitrogens is 3. The summed E-state index contributed by atoms with van der Waals surface area (Å²) in [5.74, 6) is -0.683. The highest BCUT2D eigenvalue weighted by molar-refractivity contribution is 7.93. The summed E-state index contributed by atoms with van der Waals surface area (Å²) in [6.07, 6.45) is 5.85. The van der Waals surface area contributed by atoms with E-state index in [1.807, 2.05) is 0 Å². The molecule has 2 aromatic heterocycles. The lowest BCUT2D eigenvalue weighted by atomic mass is 10.2. The Hall–Kier alpha value is -2.59. The third-order valence-corrected chi connectivity index (χ3v) is 5.97. The van der Waals surface area contributed by atoms with E-state index >= 15 is 0 Å². The van der Waals surface area contributed by atoms with Gasteiger partial charge in [0.1, 0.15) is 0 Å². The quantitative estimate of drug-likeness (QED) is 0.772. The number of pyridine rings is 1. The molecule has 10 heteroatoms. The van der Waals surface area contributed by atoms with Gasteiger partial charge in [-0.2, -0.15) is 9.46 Å². The molecule has 1 aliphatic rings. The van der Waals surface area contributed by atoms with Crippen molar-refractivity contribution in [3.63, 3.8) is 0 Å². The molecule has 2 aromatic rings. The van der Waals surface area contributed by atoms with E-state index in [4.69, 9.17) is 4.74 Å². The first-order valence-corrected chi connectivity index (χ1v) is 10.2. The van der Waals surface area contributed by atoms with Crippen molar-refractivity contribution in [2.45, 2.75) is 31.5 Å². The normalized spacial score (nSPS) is 15.7. The van der Waals surface area contributed by atoms with Crippen molar-refractivity contribution in [3.8, 4) is 0 Å². The second-order valence-corrected chi connectivity index (χ2v) is 8.56. The molecule has 1 aliphatic heterocycles. The van der Waals surface area contributed by atoms with Gasteiger partial charge in [0.25, 0.3) is 5.91 Å². The van der Waals surface area contributed by atoms with Gasteiger partial charge < -0.3 is 9.64 Å². The molecule has 144 valence electrons. The van der Waals surface area contributed by atoms with Gasteiger partial charge in [-0.3, -0.25) is 19.3 Å². The number of carbonyl (C=O) groups is 2. The number of hydrogen-bond acceptors (Lipinski definition) is 6. The average Bonchev–Trinajstić information content (AvgIpc) is 3.06. The van der Waals surface area contributed by atoms with Crippen LogP contribution in [-0.4, -0.2) is 55.6 Å². The standard InChI is InChI=1S/C17H21N5O4S/c1-12(23)21-4-5-22-15(10-21)16(9-19-22)27(3,25)20-17(24)14-6-13(11-26-2)7-18-8-14/h6-9H,4-5,10-11H2,1-3H3. The van der Waals surface area contributed by atoms with Crippen LogP contribution in [0, 0.1) is 0 Å². The Labute approximate surface area is 157 Å². The van der Waals surface area contributed by atoms with Gasteiger partial charge in [0, 0.05) is 39.2 Å². The summed E-state index contributed by atoms with van der Waals surface area (Å²) in [5, 5.41) is 4.23. The highest BCUT2D eigenvalue weighted by Crippen LogP contribution is 2.23. The van der Waals surface area contributed by atoms with Crippen LogP contribution in [0.1, 0.15) is 28.5 Å². The first-order valence-electron chi connectivity index (χ1n) is 8.31. The summed E-state index contributed by atoms with van der Waals surface area (Å²) >= 11 is 0. The smallest absolute Gasteiger partial charge is 0.286 e. The van der Waals surface area contributed by atoms with E-state index in [1.165, 1.54) is 25.6 Å². The zero-order valence-corrected chi connectivity index (χ0v) is 16.2. The first kappa shape index (κ1) is 19.2. The second kappa shape index (κ2) is 7.57. The Kier molecular flexibility index (Phi) is 5.38. The van der Waals surface area contributed by atoms with Crippen molar-refractivity contribution in [1.29, 1.82) is 0 Å². The van der Waals surface area contributed by atoms with Crippen LogP contribution in [0.5, 0.6) is 0 Å². The lowest BCUT2D eigenvalue weighted by Crippen LogP contribution is -2.37. The maximum absolute atomic E-state index is 13.2. The van der Waals surface area contributed by atoms with Crippen molar-refractivity contribution in [2.75, 3.05) is 19.9 Å². The molecule has 0 aromatic carbocycles. The largest absolute Gasteiger partial charge is 0.380 e. The van der Waals surface area contributed by atoms with E-state index in [9.17, 15) is 13.8 Å². The molecule has 0 saturated heterocycles. The predicted octanol–water partition coefficient (Wildman–Crippen LogP) is 1.08. The van der Waals surface area contributed by atoms with Gasteiger partial charge in [0.15, 0.2) is 0 Å². The van der Waals surface area contributed by atoms with Gasteiger partial charge in [-0.25, -0.2) is 4.21 Å². The van der Waals surface area contributed by atoms with Gasteiger partial charge in [-0.05, 0) is 11.6 Å². The number of hydrogen-bond donors (Lipinski definition) is 0. The molecule has 0 saturated carbocycles. The fourth-order valence-electron chi connectivity index (χ4n) is 2.92.